The summed E-state index contributed by atoms with van der Waals surface area (Å²) in [5, 5.41) is 9.20. The summed E-state index contributed by atoms with van der Waals surface area (Å²) >= 11 is 0. The van der Waals surface area contributed by atoms with Gasteiger partial charge < -0.3 is 14.7 Å². The standard InChI is InChI=1S/C15H23NO2/c1-3-16(10-15-5-4-8-18-15)14-7-6-13(11-17)12(2)9-14/h6-7,9,15,17H,3-5,8,10-11H2,1-2H3. The summed E-state index contributed by atoms with van der Waals surface area (Å²) in [4.78, 5) is 2.35. The van der Waals surface area contributed by atoms with Crippen LogP contribution in [0, 0.1) is 6.92 Å². The molecule has 1 aliphatic heterocycles. The molecule has 0 saturated carbocycles. The van der Waals surface area contributed by atoms with E-state index in [1.165, 1.54) is 18.5 Å². The molecule has 0 aliphatic carbocycles. The van der Waals surface area contributed by atoms with Crippen molar-refractivity contribution in [2.75, 3.05) is 24.6 Å². The van der Waals surface area contributed by atoms with E-state index in [1.807, 2.05) is 6.07 Å². The number of aryl methyl sites for hydroxylation is 1. The summed E-state index contributed by atoms with van der Waals surface area (Å²) in [5.74, 6) is 0. The van der Waals surface area contributed by atoms with Crippen LogP contribution in [0.25, 0.3) is 0 Å². The Bertz CT molecular complexity index is 386. The molecule has 1 saturated heterocycles. The van der Waals surface area contributed by atoms with Gasteiger partial charge in [0.2, 0.25) is 0 Å². The molecule has 1 heterocycles. The van der Waals surface area contributed by atoms with Crippen LogP contribution in [-0.4, -0.2) is 30.9 Å². The van der Waals surface area contributed by atoms with Crippen molar-refractivity contribution in [1.82, 2.24) is 0 Å². The molecule has 1 fully saturated rings. The minimum Gasteiger partial charge on any atom is -0.392 e. The van der Waals surface area contributed by atoms with Crippen molar-refractivity contribution >= 4 is 5.69 Å². The predicted molar refractivity (Wildman–Crippen MR) is 74.0 cm³/mol. The van der Waals surface area contributed by atoms with Crippen LogP contribution in [0.2, 0.25) is 0 Å². The number of aliphatic hydroxyl groups excluding tert-OH is 1. The van der Waals surface area contributed by atoms with Crippen LogP contribution in [0.3, 0.4) is 0 Å². The summed E-state index contributed by atoms with van der Waals surface area (Å²) in [6, 6.07) is 6.27. The Balaban J connectivity index is 2.08. The first-order chi connectivity index (χ1) is 8.74. The minimum atomic E-state index is 0.115. The molecule has 1 atom stereocenters. The zero-order valence-electron chi connectivity index (χ0n) is 11.4. The fraction of sp³-hybridized carbons (Fsp3) is 0.600. The number of hydrogen-bond donors (Lipinski definition) is 1. The third-order valence-electron chi connectivity index (χ3n) is 3.69. The highest BCUT2D eigenvalue weighted by atomic mass is 16.5. The van der Waals surface area contributed by atoms with Crippen LogP contribution in [-0.2, 0) is 11.3 Å². The lowest BCUT2D eigenvalue weighted by Gasteiger charge is -2.26. The lowest BCUT2D eigenvalue weighted by Crippen LogP contribution is -2.32. The number of ether oxygens (including phenoxy) is 1. The first-order valence-corrected chi connectivity index (χ1v) is 6.81. The number of likely N-dealkylation sites (N-methyl/N-ethyl adjacent to an activating group) is 1. The Morgan fingerprint density at radius 3 is 2.83 bits per heavy atom. The molecule has 0 spiro atoms. The third kappa shape index (κ3) is 3.03. The fourth-order valence-electron chi connectivity index (χ4n) is 2.51. The van der Waals surface area contributed by atoms with Crippen LogP contribution in [0.5, 0.6) is 0 Å². The van der Waals surface area contributed by atoms with E-state index in [0.717, 1.165) is 30.8 Å². The van der Waals surface area contributed by atoms with E-state index in [9.17, 15) is 5.11 Å². The van der Waals surface area contributed by atoms with Crippen molar-refractivity contribution in [1.29, 1.82) is 0 Å². The van der Waals surface area contributed by atoms with Gasteiger partial charge in [0.15, 0.2) is 0 Å². The van der Waals surface area contributed by atoms with E-state index in [0.29, 0.717) is 6.10 Å². The van der Waals surface area contributed by atoms with Crippen LogP contribution in [0.1, 0.15) is 30.9 Å². The molecule has 0 radical (unpaired) electrons. The average molecular weight is 249 g/mol. The smallest absolute Gasteiger partial charge is 0.0750 e. The molecule has 1 N–H and O–H groups in total. The number of nitrogens with zero attached hydrogens (tertiary/aromatic N) is 1. The number of benzene rings is 1. The van der Waals surface area contributed by atoms with E-state index in [-0.39, 0.29) is 6.61 Å². The summed E-state index contributed by atoms with van der Waals surface area (Å²) in [6.45, 7) is 7.19. The molecule has 1 aliphatic rings. The molecule has 100 valence electrons. The molecule has 3 heteroatoms. The van der Waals surface area contributed by atoms with Gasteiger partial charge in [-0.05, 0) is 49.9 Å². The van der Waals surface area contributed by atoms with Gasteiger partial charge in [-0.15, -0.1) is 0 Å². The van der Waals surface area contributed by atoms with E-state index in [1.54, 1.807) is 0 Å². The Kier molecular flexibility index (Phi) is 4.61. The van der Waals surface area contributed by atoms with Gasteiger partial charge in [-0.1, -0.05) is 6.07 Å². The second-order valence-electron chi connectivity index (χ2n) is 4.94. The molecule has 1 aromatic rings. The van der Waals surface area contributed by atoms with E-state index in [4.69, 9.17) is 4.74 Å². The number of hydrogen-bond acceptors (Lipinski definition) is 3. The maximum Gasteiger partial charge on any atom is 0.0750 e. The minimum absolute atomic E-state index is 0.115. The van der Waals surface area contributed by atoms with Crippen LogP contribution in [0.4, 0.5) is 5.69 Å². The second kappa shape index (κ2) is 6.21. The first kappa shape index (κ1) is 13.4. The zero-order valence-corrected chi connectivity index (χ0v) is 11.4. The quantitative estimate of drug-likeness (QED) is 0.870. The highest BCUT2D eigenvalue weighted by molar-refractivity contribution is 5.50. The van der Waals surface area contributed by atoms with E-state index >= 15 is 0 Å². The summed E-state index contributed by atoms with van der Waals surface area (Å²) in [7, 11) is 0. The zero-order chi connectivity index (χ0) is 13.0. The topological polar surface area (TPSA) is 32.7 Å². The van der Waals surface area contributed by atoms with E-state index < -0.39 is 0 Å². The maximum atomic E-state index is 9.20. The summed E-state index contributed by atoms with van der Waals surface area (Å²) < 4.78 is 5.70. The number of rotatable bonds is 5. The highest BCUT2D eigenvalue weighted by Crippen LogP contribution is 2.22. The molecule has 1 aromatic carbocycles. The van der Waals surface area contributed by atoms with E-state index in [2.05, 4.69) is 30.9 Å². The molecular weight excluding hydrogens is 226 g/mol. The maximum absolute atomic E-state index is 9.20. The van der Waals surface area contributed by atoms with Crippen LogP contribution >= 0.6 is 0 Å². The van der Waals surface area contributed by atoms with Crippen LogP contribution in [0.15, 0.2) is 18.2 Å². The fourth-order valence-corrected chi connectivity index (χ4v) is 2.51. The Morgan fingerprint density at radius 1 is 1.44 bits per heavy atom. The lowest BCUT2D eigenvalue weighted by molar-refractivity contribution is 0.115. The molecule has 0 aromatic heterocycles. The van der Waals surface area contributed by atoms with Gasteiger partial charge in [0, 0.05) is 25.4 Å². The van der Waals surface area contributed by atoms with Crippen molar-refractivity contribution < 1.29 is 9.84 Å². The third-order valence-corrected chi connectivity index (χ3v) is 3.69. The van der Waals surface area contributed by atoms with Crippen LogP contribution < -0.4 is 4.90 Å². The molecule has 1 unspecified atom stereocenters. The van der Waals surface area contributed by atoms with Gasteiger partial charge in [-0.3, -0.25) is 0 Å². The largest absolute Gasteiger partial charge is 0.392 e. The summed E-state index contributed by atoms with van der Waals surface area (Å²) in [6.07, 6.45) is 2.73. The average Bonchev–Trinajstić information content (AvgIpc) is 2.88. The van der Waals surface area contributed by atoms with Gasteiger partial charge in [-0.2, -0.15) is 0 Å². The molecular formula is C15H23NO2. The Morgan fingerprint density at radius 2 is 2.28 bits per heavy atom. The second-order valence-corrected chi connectivity index (χ2v) is 4.94. The first-order valence-electron chi connectivity index (χ1n) is 6.81. The molecule has 0 amide bonds. The molecule has 18 heavy (non-hydrogen) atoms. The van der Waals surface area contributed by atoms with Crippen molar-refractivity contribution in [3.05, 3.63) is 29.3 Å². The Hall–Kier alpha value is -1.06. The Labute approximate surface area is 109 Å². The lowest BCUT2D eigenvalue weighted by atomic mass is 10.1. The van der Waals surface area contributed by atoms with Gasteiger partial charge in [0.05, 0.1) is 12.7 Å². The molecule has 3 nitrogen and oxygen atoms in total. The van der Waals surface area contributed by atoms with Crippen molar-refractivity contribution in [3.63, 3.8) is 0 Å². The summed E-state index contributed by atoms with van der Waals surface area (Å²) in [5.41, 5.74) is 3.38. The highest BCUT2D eigenvalue weighted by Gasteiger charge is 2.18. The SMILES string of the molecule is CCN(CC1CCCO1)c1ccc(CO)c(C)c1. The predicted octanol–water partition coefficient (Wildman–Crippen LogP) is 2.49. The van der Waals surface area contributed by atoms with Crippen molar-refractivity contribution in [2.45, 2.75) is 39.4 Å². The monoisotopic (exact) mass is 249 g/mol. The molecule has 0 bridgehead atoms. The normalized spacial score (nSPS) is 19.2. The number of anilines is 1. The van der Waals surface area contributed by atoms with Gasteiger partial charge >= 0.3 is 0 Å². The molecule has 2 rings (SSSR count). The van der Waals surface area contributed by atoms with Crippen molar-refractivity contribution in [3.8, 4) is 0 Å². The van der Waals surface area contributed by atoms with Gasteiger partial charge in [0.1, 0.15) is 0 Å². The number of aliphatic hydroxyl groups is 1. The van der Waals surface area contributed by atoms with Crippen molar-refractivity contribution in [2.24, 2.45) is 0 Å². The van der Waals surface area contributed by atoms with Gasteiger partial charge in [0.25, 0.3) is 0 Å². The van der Waals surface area contributed by atoms with Gasteiger partial charge in [-0.25, -0.2) is 0 Å².